The maximum Gasteiger partial charge on any atom is 0.307 e. The van der Waals surface area contributed by atoms with Gasteiger partial charge in [0.15, 0.2) is 0 Å². The van der Waals surface area contributed by atoms with Gasteiger partial charge in [-0.2, -0.15) is 4.98 Å². The van der Waals surface area contributed by atoms with Gasteiger partial charge >= 0.3 is 5.97 Å². The molecule has 0 aliphatic heterocycles. The van der Waals surface area contributed by atoms with Crippen LogP contribution in [0.2, 0.25) is 0 Å². The minimum Gasteiger partial charge on any atom is -0.481 e. The number of rotatable bonds is 3. The van der Waals surface area contributed by atoms with Gasteiger partial charge in [0.1, 0.15) is 0 Å². The molecular weight excluding hydrogens is 344 g/mol. The molecule has 0 aromatic carbocycles. The Kier molecular flexibility index (Phi) is 3.89. The standard InChI is InChI=1S/C13H13BrN2O3S/c14-10-6-5-9(20-10)11-15-12(19-16-11)7-3-1-2-4-8(7)13(17)18/h5-8H,1-4H2,(H,17,18). The molecule has 106 valence electrons. The third-order valence-corrected chi connectivity index (χ3v) is 5.26. The summed E-state index contributed by atoms with van der Waals surface area (Å²) in [4.78, 5) is 16.6. The van der Waals surface area contributed by atoms with Crippen molar-refractivity contribution in [3.05, 3.63) is 21.8 Å². The molecule has 5 nitrogen and oxygen atoms in total. The van der Waals surface area contributed by atoms with Crippen molar-refractivity contribution in [2.75, 3.05) is 0 Å². The summed E-state index contributed by atoms with van der Waals surface area (Å²) >= 11 is 4.92. The van der Waals surface area contributed by atoms with Crippen LogP contribution in [-0.2, 0) is 4.79 Å². The normalized spacial score (nSPS) is 22.9. The molecule has 20 heavy (non-hydrogen) atoms. The minimum atomic E-state index is -0.770. The molecule has 0 radical (unpaired) electrons. The van der Waals surface area contributed by atoms with E-state index in [1.165, 1.54) is 11.3 Å². The fourth-order valence-electron chi connectivity index (χ4n) is 2.64. The SMILES string of the molecule is O=C(O)C1CCCCC1c1nc(-c2ccc(Br)s2)no1. The number of carboxylic acids is 1. The lowest BCUT2D eigenvalue weighted by Gasteiger charge is -2.25. The van der Waals surface area contributed by atoms with Crippen molar-refractivity contribution < 1.29 is 14.4 Å². The van der Waals surface area contributed by atoms with Crippen molar-refractivity contribution in [2.24, 2.45) is 5.92 Å². The van der Waals surface area contributed by atoms with Gasteiger partial charge in [-0.05, 0) is 40.9 Å². The zero-order valence-corrected chi connectivity index (χ0v) is 13.0. The molecule has 1 saturated carbocycles. The molecule has 2 aromatic rings. The Hall–Kier alpha value is -1.21. The summed E-state index contributed by atoms with van der Waals surface area (Å²) in [7, 11) is 0. The summed E-state index contributed by atoms with van der Waals surface area (Å²) in [5.74, 6) is -0.353. The lowest BCUT2D eigenvalue weighted by Crippen LogP contribution is -2.25. The fraction of sp³-hybridized carbons (Fsp3) is 0.462. The van der Waals surface area contributed by atoms with Crippen LogP contribution in [0.3, 0.4) is 0 Å². The molecule has 0 amide bonds. The molecule has 3 rings (SSSR count). The van der Waals surface area contributed by atoms with Gasteiger partial charge in [0, 0.05) is 0 Å². The minimum absolute atomic E-state index is 0.161. The average Bonchev–Trinajstić information content (AvgIpc) is 3.07. The van der Waals surface area contributed by atoms with E-state index in [2.05, 4.69) is 26.1 Å². The van der Waals surface area contributed by atoms with E-state index >= 15 is 0 Å². The molecule has 1 fully saturated rings. The van der Waals surface area contributed by atoms with Crippen LogP contribution in [0.25, 0.3) is 10.7 Å². The number of aliphatic carboxylic acids is 1. The molecular formula is C13H13BrN2O3S. The van der Waals surface area contributed by atoms with E-state index in [1.54, 1.807) is 0 Å². The zero-order valence-electron chi connectivity index (χ0n) is 10.6. The van der Waals surface area contributed by atoms with E-state index in [4.69, 9.17) is 4.52 Å². The highest BCUT2D eigenvalue weighted by Gasteiger charge is 2.35. The van der Waals surface area contributed by atoms with Crippen molar-refractivity contribution in [1.29, 1.82) is 0 Å². The van der Waals surface area contributed by atoms with Gasteiger partial charge in [-0.25, -0.2) is 0 Å². The van der Waals surface area contributed by atoms with Crippen molar-refractivity contribution in [2.45, 2.75) is 31.6 Å². The highest BCUT2D eigenvalue weighted by atomic mass is 79.9. The summed E-state index contributed by atoms with van der Waals surface area (Å²) in [6.07, 6.45) is 3.44. The summed E-state index contributed by atoms with van der Waals surface area (Å²) in [6.45, 7) is 0. The Morgan fingerprint density at radius 3 is 2.90 bits per heavy atom. The van der Waals surface area contributed by atoms with Gasteiger partial charge in [0.05, 0.1) is 20.5 Å². The second-order valence-electron chi connectivity index (χ2n) is 4.90. The van der Waals surface area contributed by atoms with Gasteiger partial charge in [0.2, 0.25) is 11.7 Å². The van der Waals surface area contributed by atoms with Gasteiger partial charge in [-0.3, -0.25) is 4.79 Å². The van der Waals surface area contributed by atoms with E-state index in [0.29, 0.717) is 18.1 Å². The molecule has 0 spiro atoms. The Bertz CT molecular complexity index is 625. The number of nitrogens with zero attached hydrogens (tertiary/aromatic N) is 2. The van der Waals surface area contributed by atoms with Gasteiger partial charge in [0.25, 0.3) is 0 Å². The summed E-state index contributed by atoms with van der Waals surface area (Å²) in [5, 5.41) is 13.3. The third kappa shape index (κ3) is 2.64. The molecule has 2 unspecified atom stereocenters. The number of halogens is 1. The lowest BCUT2D eigenvalue weighted by molar-refractivity contribution is -0.143. The Morgan fingerprint density at radius 1 is 1.40 bits per heavy atom. The van der Waals surface area contributed by atoms with E-state index in [0.717, 1.165) is 27.9 Å². The number of carboxylic acid groups (broad SMARTS) is 1. The van der Waals surface area contributed by atoms with Crippen LogP contribution < -0.4 is 0 Å². The molecule has 2 atom stereocenters. The number of hydrogen-bond acceptors (Lipinski definition) is 5. The summed E-state index contributed by atoms with van der Waals surface area (Å²) < 4.78 is 6.32. The van der Waals surface area contributed by atoms with Gasteiger partial charge < -0.3 is 9.63 Å². The van der Waals surface area contributed by atoms with Crippen LogP contribution in [0, 0.1) is 5.92 Å². The smallest absolute Gasteiger partial charge is 0.307 e. The lowest BCUT2D eigenvalue weighted by atomic mass is 9.79. The van der Waals surface area contributed by atoms with E-state index in [-0.39, 0.29) is 5.92 Å². The molecule has 0 bridgehead atoms. The molecule has 1 aliphatic rings. The molecule has 0 saturated heterocycles. The second kappa shape index (κ2) is 5.65. The molecule has 1 aliphatic carbocycles. The van der Waals surface area contributed by atoms with Crippen molar-refractivity contribution in [3.8, 4) is 10.7 Å². The molecule has 2 aromatic heterocycles. The first-order chi connectivity index (χ1) is 9.65. The van der Waals surface area contributed by atoms with Crippen LogP contribution in [0.15, 0.2) is 20.4 Å². The van der Waals surface area contributed by atoms with E-state index in [1.807, 2.05) is 12.1 Å². The van der Waals surface area contributed by atoms with E-state index in [9.17, 15) is 9.90 Å². The van der Waals surface area contributed by atoms with E-state index < -0.39 is 11.9 Å². The number of thiophene rings is 1. The average molecular weight is 357 g/mol. The fourth-order valence-corrected chi connectivity index (χ4v) is 3.95. The second-order valence-corrected chi connectivity index (χ2v) is 7.36. The first-order valence-corrected chi connectivity index (χ1v) is 8.08. The van der Waals surface area contributed by atoms with Crippen LogP contribution in [0.5, 0.6) is 0 Å². The summed E-state index contributed by atoms with van der Waals surface area (Å²) in [6, 6.07) is 3.84. The molecule has 2 heterocycles. The summed E-state index contributed by atoms with van der Waals surface area (Å²) in [5.41, 5.74) is 0. The van der Waals surface area contributed by atoms with Crippen molar-refractivity contribution in [1.82, 2.24) is 10.1 Å². The maximum absolute atomic E-state index is 11.3. The Balaban J connectivity index is 1.87. The highest BCUT2D eigenvalue weighted by molar-refractivity contribution is 9.11. The first-order valence-electron chi connectivity index (χ1n) is 6.47. The number of hydrogen-bond donors (Lipinski definition) is 1. The topological polar surface area (TPSA) is 76.2 Å². The zero-order chi connectivity index (χ0) is 14.1. The molecule has 1 N–H and O–H groups in total. The first kappa shape index (κ1) is 13.8. The third-order valence-electron chi connectivity index (χ3n) is 3.64. The van der Waals surface area contributed by atoms with Crippen molar-refractivity contribution >= 4 is 33.2 Å². The largest absolute Gasteiger partial charge is 0.481 e. The predicted octanol–water partition coefficient (Wildman–Crippen LogP) is 3.92. The van der Waals surface area contributed by atoms with Crippen LogP contribution in [-0.4, -0.2) is 21.2 Å². The van der Waals surface area contributed by atoms with Gasteiger partial charge in [-0.1, -0.05) is 18.0 Å². The Labute approximate surface area is 128 Å². The quantitative estimate of drug-likeness (QED) is 0.901. The van der Waals surface area contributed by atoms with Crippen molar-refractivity contribution in [3.63, 3.8) is 0 Å². The van der Waals surface area contributed by atoms with Gasteiger partial charge in [-0.15, -0.1) is 11.3 Å². The van der Waals surface area contributed by atoms with Crippen LogP contribution in [0.1, 0.15) is 37.5 Å². The number of carbonyl (C=O) groups is 1. The van der Waals surface area contributed by atoms with Crippen LogP contribution >= 0.6 is 27.3 Å². The Morgan fingerprint density at radius 2 is 2.20 bits per heavy atom. The van der Waals surface area contributed by atoms with Crippen LogP contribution in [0.4, 0.5) is 0 Å². The number of aromatic nitrogens is 2. The molecule has 7 heteroatoms. The maximum atomic E-state index is 11.3. The highest BCUT2D eigenvalue weighted by Crippen LogP contribution is 2.38. The predicted molar refractivity (Wildman–Crippen MR) is 77.6 cm³/mol. The monoisotopic (exact) mass is 356 g/mol.